The van der Waals surface area contributed by atoms with E-state index in [4.69, 9.17) is 4.42 Å². The highest BCUT2D eigenvalue weighted by Crippen LogP contribution is 2.19. The molecule has 3 aromatic rings. The Morgan fingerprint density at radius 3 is 2.27 bits per heavy atom. The summed E-state index contributed by atoms with van der Waals surface area (Å²) in [5.74, 6) is 1.33. The van der Waals surface area contributed by atoms with E-state index >= 15 is 0 Å². The lowest BCUT2D eigenvalue weighted by Gasteiger charge is -1.81. The lowest BCUT2D eigenvalue weighted by atomic mass is 10.3. The van der Waals surface area contributed by atoms with E-state index in [1.165, 1.54) is 4.70 Å². The van der Waals surface area contributed by atoms with Gasteiger partial charge in [-0.05, 0) is 31.2 Å². The van der Waals surface area contributed by atoms with Gasteiger partial charge in [0.25, 0.3) is 0 Å². The van der Waals surface area contributed by atoms with Gasteiger partial charge in [-0.2, -0.15) is 0 Å². The van der Waals surface area contributed by atoms with Crippen LogP contribution in [0.5, 0.6) is 0 Å². The first-order valence-corrected chi connectivity index (χ1v) is 8.00. The molecule has 0 aliphatic heterocycles. The van der Waals surface area contributed by atoms with E-state index in [-0.39, 0.29) is 0 Å². The minimum atomic E-state index is 0.643. The smallest absolute Gasteiger partial charge is 0.192 e. The van der Waals surface area contributed by atoms with Crippen molar-refractivity contribution in [2.24, 2.45) is 0 Å². The van der Waals surface area contributed by atoms with Crippen molar-refractivity contribution in [1.29, 1.82) is 0 Å². The molecule has 0 aliphatic rings. The molecule has 0 atom stereocenters. The number of para-hydroxylation sites is 1. The molecule has 0 saturated carbocycles. The van der Waals surface area contributed by atoms with E-state index in [2.05, 4.69) is 29.2 Å². The first-order valence-electron chi connectivity index (χ1n) is 7.18. The predicted octanol–water partition coefficient (Wildman–Crippen LogP) is 5.90. The standard InChI is InChI=1S/C8H9NO.C8H7NS.C2H6/c1-4-7-8(5-2)10-6(3)9-7;1-6-9-7-4-2-3-5-8(7)10-6;1-2/h4-5H,1-2H2,3H3;2-5H,1H3;1-2H3. The van der Waals surface area contributed by atoms with Crippen LogP contribution >= 0.6 is 11.3 Å². The number of fused-ring (bicyclic) bond motifs is 1. The highest BCUT2D eigenvalue weighted by molar-refractivity contribution is 7.18. The third kappa shape index (κ3) is 4.67. The third-order valence-electron chi connectivity index (χ3n) is 2.57. The summed E-state index contributed by atoms with van der Waals surface area (Å²) in [6.45, 7) is 15.0. The molecular formula is C18H22N2OS. The maximum absolute atomic E-state index is 5.15. The molecule has 0 spiro atoms. The van der Waals surface area contributed by atoms with Gasteiger partial charge in [0.2, 0.25) is 0 Å². The molecule has 0 amide bonds. The SMILES string of the molecule is C=Cc1nc(C)oc1C=C.CC.Cc1nc2ccccc2s1. The summed E-state index contributed by atoms with van der Waals surface area (Å²) < 4.78 is 6.43. The number of thiazole rings is 1. The molecule has 3 nitrogen and oxygen atoms in total. The van der Waals surface area contributed by atoms with Crippen molar-refractivity contribution in [2.75, 3.05) is 0 Å². The maximum Gasteiger partial charge on any atom is 0.192 e. The van der Waals surface area contributed by atoms with Crippen molar-refractivity contribution in [3.8, 4) is 0 Å². The second-order valence-corrected chi connectivity index (χ2v) is 5.33. The Morgan fingerprint density at radius 1 is 1.05 bits per heavy atom. The second-order valence-electron chi connectivity index (χ2n) is 4.09. The van der Waals surface area contributed by atoms with Crippen LogP contribution in [0, 0.1) is 13.8 Å². The van der Waals surface area contributed by atoms with Crippen molar-refractivity contribution < 1.29 is 4.42 Å². The fourth-order valence-electron chi connectivity index (χ4n) is 1.74. The quantitative estimate of drug-likeness (QED) is 0.591. The Bertz CT molecular complexity index is 682. The third-order valence-corrected chi connectivity index (χ3v) is 3.52. The van der Waals surface area contributed by atoms with E-state index in [9.17, 15) is 0 Å². The number of aryl methyl sites for hydroxylation is 2. The van der Waals surface area contributed by atoms with Gasteiger partial charge in [-0.3, -0.25) is 0 Å². The van der Waals surface area contributed by atoms with Gasteiger partial charge in [0.15, 0.2) is 11.7 Å². The van der Waals surface area contributed by atoms with Crippen molar-refractivity contribution in [3.63, 3.8) is 0 Å². The van der Waals surface area contributed by atoms with Gasteiger partial charge in [-0.15, -0.1) is 11.3 Å². The van der Waals surface area contributed by atoms with Crippen LogP contribution < -0.4 is 0 Å². The molecule has 2 aromatic heterocycles. The Labute approximate surface area is 136 Å². The zero-order valence-electron chi connectivity index (χ0n) is 13.6. The molecular weight excluding hydrogens is 292 g/mol. The molecule has 22 heavy (non-hydrogen) atoms. The summed E-state index contributed by atoms with van der Waals surface area (Å²) >= 11 is 1.74. The molecule has 3 rings (SSSR count). The number of oxazole rings is 1. The Kier molecular flexibility index (Phi) is 7.26. The lowest BCUT2D eigenvalue weighted by molar-refractivity contribution is 0.513. The minimum Gasteiger partial charge on any atom is -0.441 e. The molecule has 116 valence electrons. The van der Waals surface area contributed by atoms with Crippen LogP contribution in [0.4, 0.5) is 0 Å². The zero-order valence-corrected chi connectivity index (χ0v) is 14.4. The summed E-state index contributed by atoms with van der Waals surface area (Å²) in [6.07, 6.45) is 3.27. The fourth-order valence-corrected chi connectivity index (χ4v) is 2.57. The van der Waals surface area contributed by atoms with Gasteiger partial charge in [0, 0.05) is 6.92 Å². The number of aromatic nitrogens is 2. The molecule has 2 heterocycles. The first-order chi connectivity index (χ1) is 10.6. The molecule has 4 heteroatoms. The molecule has 0 aliphatic carbocycles. The molecule has 0 fully saturated rings. The number of rotatable bonds is 2. The minimum absolute atomic E-state index is 0.643. The van der Waals surface area contributed by atoms with Crippen molar-refractivity contribution >= 4 is 33.7 Å². The Hall–Kier alpha value is -2.20. The summed E-state index contributed by atoms with van der Waals surface area (Å²) in [4.78, 5) is 8.38. The number of hydrogen-bond acceptors (Lipinski definition) is 4. The maximum atomic E-state index is 5.15. The number of hydrogen-bond donors (Lipinski definition) is 0. The van der Waals surface area contributed by atoms with Crippen molar-refractivity contribution in [2.45, 2.75) is 27.7 Å². The lowest BCUT2D eigenvalue weighted by Crippen LogP contribution is -1.72. The summed E-state index contributed by atoms with van der Waals surface area (Å²) in [6, 6.07) is 8.19. The Morgan fingerprint density at radius 2 is 1.73 bits per heavy atom. The van der Waals surface area contributed by atoms with E-state index in [1.54, 1.807) is 30.4 Å². The van der Waals surface area contributed by atoms with Gasteiger partial charge in [0.1, 0.15) is 5.69 Å². The van der Waals surface area contributed by atoms with Crippen LogP contribution in [-0.4, -0.2) is 9.97 Å². The highest BCUT2D eigenvalue weighted by Gasteiger charge is 2.01. The van der Waals surface area contributed by atoms with E-state index in [1.807, 2.05) is 39.0 Å². The molecule has 0 saturated heterocycles. The van der Waals surface area contributed by atoms with Crippen molar-refractivity contribution in [3.05, 3.63) is 59.8 Å². The van der Waals surface area contributed by atoms with Gasteiger partial charge in [-0.25, -0.2) is 9.97 Å². The molecule has 0 radical (unpaired) electrons. The largest absolute Gasteiger partial charge is 0.441 e. The molecule has 0 bridgehead atoms. The summed E-state index contributed by atoms with van der Waals surface area (Å²) in [5, 5.41) is 1.14. The summed E-state index contributed by atoms with van der Waals surface area (Å²) in [7, 11) is 0. The van der Waals surface area contributed by atoms with E-state index < -0.39 is 0 Å². The van der Waals surface area contributed by atoms with Crippen LogP contribution in [0.15, 0.2) is 41.8 Å². The average Bonchev–Trinajstić information content (AvgIpc) is 3.10. The fraction of sp³-hybridized carbons (Fsp3) is 0.222. The van der Waals surface area contributed by atoms with Gasteiger partial charge < -0.3 is 4.42 Å². The zero-order chi connectivity index (χ0) is 16.5. The van der Waals surface area contributed by atoms with Crippen LogP contribution in [0.3, 0.4) is 0 Å². The topological polar surface area (TPSA) is 38.9 Å². The van der Waals surface area contributed by atoms with E-state index in [0.29, 0.717) is 11.7 Å². The van der Waals surface area contributed by atoms with Gasteiger partial charge in [-0.1, -0.05) is 39.1 Å². The van der Waals surface area contributed by atoms with Gasteiger partial charge >= 0.3 is 0 Å². The van der Waals surface area contributed by atoms with E-state index in [0.717, 1.165) is 16.2 Å². The van der Waals surface area contributed by atoms with Crippen LogP contribution in [-0.2, 0) is 0 Å². The molecule has 0 N–H and O–H groups in total. The highest BCUT2D eigenvalue weighted by atomic mass is 32.1. The molecule has 1 aromatic carbocycles. The van der Waals surface area contributed by atoms with Gasteiger partial charge in [0.05, 0.1) is 15.2 Å². The summed E-state index contributed by atoms with van der Waals surface area (Å²) in [5.41, 5.74) is 1.87. The Balaban J connectivity index is 0.000000198. The van der Waals surface area contributed by atoms with Crippen LogP contribution in [0.1, 0.15) is 36.2 Å². The number of benzene rings is 1. The second kappa shape index (κ2) is 8.95. The predicted molar refractivity (Wildman–Crippen MR) is 97.1 cm³/mol. The average molecular weight is 314 g/mol. The normalized spacial score (nSPS) is 9.27. The van der Waals surface area contributed by atoms with Crippen molar-refractivity contribution in [1.82, 2.24) is 9.97 Å². The van der Waals surface area contributed by atoms with Crippen LogP contribution in [0.25, 0.3) is 22.4 Å². The van der Waals surface area contributed by atoms with Crippen LogP contribution in [0.2, 0.25) is 0 Å². The first kappa shape index (κ1) is 17.9. The monoisotopic (exact) mass is 314 g/mol. The molecule has 0 unspecified atom stereocenters. The number of nitrogens with zero attached hydrogens (tertiary/aromatic N) is 2.